The molecule has 0 aromatic heterocycles. The minimum absolute atomic E-state index is 0.0316. The number of carbonyl (C=O) groups excluding carboxylic acids is 1. The number of amides is 1. The Morgan fingerprint density at radius 1 is 1.40 bits per heavy atom. The summed E-state index contributed by atoms with van der Waals surface area (Å²) < 4.78 is 5.27. The van der Waals surface area contributed by atoms with Gasteiger partial charge in [-0.15, -0.1) is 0 Å². The second-order valence-electron chi connectivity index (χ2n) is 5.48. The van der Waals surface area contributed by atoms with Gasteiger partial charge >= 0.3 is 0 Å². The van der Waals surface area contributed by atoms with Gasteiger partial charge in [-0.2, -0.15) is 0 Å². The summed E-state index contributed by atoms with van der Waals surface area (Å²) in [7, 11) is 1.58. The molecular weight excluding hydrogens is 252 g/mol. The van der Waals surface area contributed by atoms with Gasteiger partial charge in [0.1, 0.15) is 5.75 Å². The summed E-state index contributed by atoms with van der Waals surface area (Å²) in [6.07, 6.45) is 4.69. The van der Waals surface area contributed by atoms with E-state index in [-0.39, 0.29) is 5.91 Å². The molecule has 4 heteroatoms. The van der Waals surface area contributed by atoms with Crippen LogP contribution >= 0.6 is 0 Å². The highest BCUT2D eigenvalue weighted by Crippen LogP contribution is 2.26. The fourth-order valence-electron chi connectivity index (χ4n) is 2.90. The van der Waals surface area contributed by atoms with E-state index in [0.717, 1.165) is 31.8 Å². The van der Waals surface area contributed by atoms with Gasteiger partial charge in [-0.25, -0.2) is 0 Å². The minimum Gasteiger partial charge on any atom is -0.496 e. The summed E-state index contributed by atoms with van der Waals surface area (Å²) in [5.41, 5.74) is 6.95. The molecule has 1 heterocycles. The van der Waals surface area contributed by atoms with Crippen LogP contribution in [0.15, 0.2) is 18.2 Å². The number of hydrogen-bond donors (Lipinski definition) is 1. The number of rotatable bonds is 4. The summed E-state index contributed by atoms with van der Waals surface area (Å²) in [6, 6.07) is 5.22. The minimum atomic E-state index is 0.0316. The Kier molecular flexibility index (Phi) is 4.88. The number of nitrogens with zero attached hydrogens (tertiary/aromatic N) is 1. The van der Waals surface area contributed by atoms with Gasteiger partial charge in [0.25, 0.3) is 5.91 Å². The largest absolute Gasteiger partial charge is 0.496 e. The summed E-state index contributed by atoms with van der Waals surface area (Å²) in [4.78, 5) is 14.5. The van der Waals surface area contributed by atoms with Crippen LogP contribution < -0.4 is 10.5 Å². The highest BCUT2D eigenvalue weighted by molar-refractivity contribution is 5.97. The maximum Gasteiger partial charge on any atom is 0.257 e. The van der Waals surface area contributed by atoms with Gasteiger partial charge in [-0.1, -0.05) is 19.8 Å². The van der Waals surface area contributed by atoms with E-state index in [1.165, 1.54) is 12.8 Å². The van der Waals surface area contributed by atoms with Gasteiger partial charge in [-0.05, 0) is 37.0 Å². The van der Waals surface area contributed by atoms with Crippen molar-refractivity contribution >= 4 is 11.6 Å². The van der Waals surface area contributed by atoms with E-state index in [2.05, 4.69) is 6.92 Å². The Morgan fingerprint density at radius 3 is 2.70 bits per heavy atom. The van der Waals surface area contributed by atoms with Gasteiger partial charge in [0.05, 0.1) is 12.7 Å². The second kappa shape index (κ2) is 6.64. The summed E-state index contributed by atoms with van der Waals surface area (Å²) in [5, 5.41) is 0. The average Bonchev–Trinajstić information content (AvgIpc) is 2.47. The molecule has 4 nitrogen and oxygen atoms in total. The zero-order valence-electron chi connectivity index (χ0n) is 12.4. The molecule has 1 saturated heterocycles. The summed E-state index contributed by atoms with van der Waals surface area (Å²) in [6.45, 7) is 3.89. The lowest BCUT2D eigenvalue weighted by Gasteiger charge is -2.32. The number of likely N-dealkylation sites (tertiary alicyclic amines) is 1. The Labute approximate surface area is 120 Å². The number of methoxy groups -OCH3 is 1. The Bertz CT molecular complexity index is 466. The lowest BCUT2D eigenvalue weighted by atomic mass is 9.92. The quantitative estimate of drug-likeness (QED) is 0.860. The molecule has 0 radical (unpaired) electrons. The molecule has 0 aliphatic carbocycles. The smallest absolute Gasteiger partial charge is 0.257 e. The first-order valence-electron chi connectivity index (χ1n) is 7.38. The van der Waals surface area contributed by atoms with Crippen LogP contribution in [-0.2, 0) is 0 Å². The summed E-state index contributed by atoms with van der Waals surface area (Å²) >= 11 is 0. The van der Waals surface area contributed by atoms with E-state index in [0.29, 0.717) is 17.0 Å². The van der Waals surface area contributed by atoms with Crippen molar-refractivity contribution in [1.82, 2.24) is 4.90 Å². The third-order valence-corrected chi connectivity index (χ3v) is 4.05. The lowest BCUT2D eigenvalue weighted by molar-refractivity contribution is 0.0683. The molecule has 1 fully saturated rings. The predicted octanol–water partition coefficient (Wildman–Crippen LogP) is 2.93. The molecule has 2 rings (SSSR count). The molecule has 1 aromatic rings. The highest BCUT2D eigenvalue weighted by atomic mass is 16.5. The summed E-state index contributed by atoms with van der Waals surface area (Å²) in [5.74, 6) is 1.40. The Hall–Kier alpha value is -1.71. The van der Waals surface area contributed by atoms with Crippen molar-refractivity contribution in [2.45, 2.75) is 32.6 Å². The zero-order valence-corrected chi connectivity index (χ0v) is 12.4. The van der Waals surface area contributed by atoms with Crippen LogP contribution in [0.5, 0.6) is 5.75 Å². The number of hydrogen-bond acceptors (Lipinski definition) is 3. The van der Waals surface area contributed by atoms with Crippen LogP contribution in [0.25, 0.3) is 0 Å². The van der Waals surface area contributed by atoms with Crippen molar-refractivity contribution in [2.24, 2.45) is 5.92 Å². The van der Waals surface area contributed by atoms with E-state index < -0.39 is 0 Å². The van der Waals surface area contributed by atoms with Crippen LogP contribution in [-0.4, -0.2) is 31.0 Å². The van der Waals surface area contributed by atoms with Crippen LogP contribution in [0.1, 0.15) is 43.0 Å². The van der Waals surface area contributed by atoms with Gasteiger partial charge in [-0.3, -0.25) is 4.79 Å². The zero-order chi connectivity index (χ0) is 14.5. The number of ether oxygens (including phenoxy) is 1. The normalized spacial score (nSPS) is 16.2. The molecule has 0 unspecified atom stereocenters. The molecule has 0 atom stereocenters. The Morgan fingerprint density at radius 2 is 2.10 bits per heavy atom. The van der Waals surface area contributed by atoms with Crippen LogP contribution in [0, 0.1) is 5.92 Å². The molecule has 0 spiro atoms. The maximum absolute atomic E-state index is 12.6. The van der Waals surface area contributed by atoms with Crippen LogP contribution in [0.2, 0.25) is 0 Å². The molecule has 1 aliphatic rings. The number of benzene rings is 1. The number of nitrogen functional groups attached to an aromatic ring is 1. The number of piperidine rings is 1. The van der Waals surface area contributed by atoms with Crippen molar-refractivity contribution in [3.63, 3.8) is 0 Å². The van der Waals surface area contributed by atoms with E-state index in [9.17, 15) is 4.79 Å². The van der Waals surface area contributed by atoms with E-state index in [4.69, 9.17) is 10.5 Å². The molecule has 2 N–H and O–H groups in total. The molecule has 1 aromatic carbocycles. The van der Waals surface area contributed by atoms with Crippen molar-refractivity contribution in [2.75, 3.05) is 25.9 Å². The average molecular weight is 276 g/mol. The van der Waals surface area contributed by atoms with Gasteiger partial charge in [0, 0.05) is 18.8 Å². The second-order valence-corrected chi connectivity index (χ2v) is 5.48. The number of anilines is 1. The third kappa shape index (κ3) is 3.24. The van der Waals surface area contributed by atoms with E-state index in [1.807, 2.05) is 4.90 Å². The molecular formula is C16H24N2O2. The fraction of sp³-hybridized carbons (Fsp3) is 0.562. The number of carbonyl (C=O) groups is 1. The topological polar surface area (TPSA) is 55.6 Å². The molecule has 0 bridgehead atoms. The van der Waals surface area contributed by atoms with Gasteiger partial charge in [0.15, 0.2) is 0 Å². The predicted molar refractivity (Wildman–Crippen MR) is 80.9 cm³/mol. The molecule has 1 amide bonds. The SMILES string of the molecule is CCCC1CCN(C(=O)c2cc(N)ccc2OC)CC1. The fourth-order valence-corrected chi connectivity index (χ4v) is 2.90. The monoisotopic (exact) mass is 276 g/mol. The molecule has 20 heavy (non-hydrogen) atoms. The number of nitrogens with two attached hydrogens (primary N) is 1. The van der Waals surface area contributed by atoms with Crippen LogP contribution in [0.4, 0.5) is 5.69 Å². The first-order chi connectivity index (χ1) is 9.65. The third-order valence-electron chi connectivity index (χ3n) is 4.05. The van der Waals surface area contributed by atoms with Gasteiger partial charge < -0.3 is 15.4 Å². The van der Waals surface area contributed by atoms with Crippen molar-refractivity contribution in [3.8, 4) is 5.75 Å². The molecule has 1 aliphatic heterocycles. The first-order valence-corrected chi connectivity index (χ1v) is 7.38. The molecule has 110 valence electrons. The Balaban J connectivity index is 2.07. The van der Waals surface area contributed by atoms with E-state index in [1.54, 1.807) is 25.3 Å². The van der Waals surface area contributed by atoms with Crippen molar-refractivity contribution < 1.29 is 9.53 Å². The highest BCUT2D eigenvalue weighted by Gasteiger charge is 2.25. The van der Waals surface area contributed by atoms with Crippen LogP contribution in [0.3, 0.4) is 0 Å². The first kappa shape index (κ1) is 14.7. The van der Waals surface area contributed by atoms with Crippen molar-refractivity contribution in [1.29, 1.82) is 0 Å². The lowest BCUT2D eigenvalue weighted by Crippen LogP contribution is -2.38. The van der Waals surface area contributed by atoms with Crippen molar-refractivity contribution in [3.05, 3.63) is 23.8 Å². The molecule has 0 saturated carbocycles. The standard InChI is InChI=1S/C16H24N2O2/c1-3-4-12-7-9-18(10-8-12)16(19)14-11-13(17)5-6-15(14)20-2/h5-6,11-12H,3-4,7-10,17H2,1-2H3. The van der Waals surface area contributed by atoms with Gasteiger partial charge in [0.2, 0.25) is 0 Å². The maximum atomic E-state index is 12.6. The van der Waals surface area contributed by atoms with E-state index >= 15 is 0 Å².